The first-order valence-electron chi connectivity index (χ1n) is 14.2. The molecule has 6 nitrogen and oxygen atoms in total. The molecule has 1 spiro atoms. The van der Waals surface area contributed by atoms with Crippen molar-refractivity contribution in [2.75, 3.05) is 20.1 Å². The molecule has 3 heterocycles. The maximum Gasteiger partial charge on any atom is 0.246 e. The first-order valence-corrected chi connectivity index (χ1v) is 14.2. The molecule has 7 rings (SSSR count). The van der Waals surface area contributed by atoms with Gasteiger partial charge in [-0.3, -0.25) is 9.69 Å². The molecule has 2 aromatic carbocycles. The van der Waals surface area contributed by atoms with Crippen LogP contribution in [0, 0.1) is 12.8 Å². The minimum Gasteiger partial charge on any atom is -0.504 e. The number of carbonyl (C=O) groups excluding carboxylic acids is 1. The van der Waals surface area contributed by atoms with Crippen molar-refractivity contribution in [3.05, 3.63) is 88.9 Å². The average Bonchev–Trinajstić information content (AvgIpc) is 3.59. The largest absolute Gasteiger partial charge is 0.504 e. The quantitative estimate of drug-likeness (QED) is 0.454. The maximum absolute atomic E-state index is 13.3. The Morgan fingerprint density at radius 2 is 2.08 bits per heavy atom. The Balaban J connectivity index is 1.22. The summed E-state index contributed by atoms with van der Waals surface area (Å²) in [5, 5.41) is 11.0. The van der Waals surface area contributed by atoms with Gasteiger partial charge in [-0.1, -0.05) is 30.3 Å². The zero-order valence-corrected chi connectivity index (χ0v) is 22.7. The van der Waals surface area contributed by atoms with E-state index < -0.39 is 0 Å². The van der Waals surface area contributed by atoms with Crippen LogP contribution in [0.5, 0.6) is 11.5 Å². The Hall–Kier alpha value is -3.51. The molecule has 202 valence electrons. The van der Waals surface area contributed by atoms with Gasteiger partial charge in [-0.25, -0.2) is 0 Å². The predicted molar refractivity (Wildman–Crippen MR) is 150 cm³/mol. The summed E-state index contributed by atoms with van der Waals surface area (Å²) >= 11 is 0. The van der Waals surface area contributed by atoms with Gasteiger partial charge < -0.3 is 19.2 Å². The van der Waals surface area contributed by atoms with Crippen LogP contribution in [0.1, 0.15) is 47.1 Å². The summed E-state index contributed by atoms with van der Waals surface area (Å²) in [4.78, 5) is 17.9. The molecular formula is C33H36N2O4. The fourth-order valence-corrected chi connectivity index (χ4v) is 8.27. The Morgan fingerprint density at radius 3 is 2.87 bits per heavy atom. The highest BCUT2D eigenvalue weighted by atomic mass is 16.5. The Bertz CT molecular complexity index is 1420. The fraction of sp³-hybridized carbons (Fsp3) is 0.424. The smallest absolute Gasteiger partial charge is 0.246 e. The number of amides is 1. The number of aromatic hydroxyl groups is 1. The molecule has 1 saturated carbocycles. The maximum atomic E-state index is 13.3. The van der Waals surface area contributed by atoms with Crippen molar-refractivity contribution >= 4 is 12.0 Å². The predicted octanol–water partition coefficient (Wildman–Crippen LogP) is 5.12. The highest BCUT2D eigenvalue weighted by Gasteiger charge is 2.66. The molecule has 2 aliphatic carbocycles. The van der Waals surface area contributed by atoms with Crippen molar-refractivity contribution in [2.24, 2.45) is 5.92 Å². The van der Waals surface area contributed by atoms with Crippen molar-refractivity contribution in [2.45, 2.75) is 62.6 Å². The van der Waals surface area contributed by atoms with Crippen molar-refractivity contribution in [1.82, 2.24) is 9.80 Å². The van der Waals surface area contributed by atoms with Crippen LogP contribution in [0.25, 0.3) is 6.08 Å². The normalized spacial score (nSPS) is 28.8. The molecule has 2 bridgehead atoms. The molecular weight excluding hydrogens is 488 g/mol. The van der Waals surface area contributed by atoms with Crippen LogP contribution >= 0.6 is 0 Å². The summed E-state index contributed by atoms with van der Waals surface area (Å²) in [5.41, 5.74) is 5.82. The van der Waals surface area contributed by atoms with E-state index in [1.165, 1.54) is 16.7 Å². The third-order valence-corrected chi connectivity index (χ3v) is 10.1. The number of hydrogen-bond donors (Lipinski definition) is 1. The number of likely N-dealkylation sites (N-methyl/N-ethyl adjacent to an activating group) is 1. The van der Waals surface area contributed by atoms with Crippen molar-refractivity contribution in [3.63, 3.8) is 0 Å². The van der Waals surface area contributed by atoms with Gasteiger partial charge in [0.05, 0.1) is 18.6 Å². The van der Waals surface area contributed by atoms with Crippen LogP contribution in [-0.4, -0.2) is 59.1 Å². The zero-order chi connectivity index (χ0) is 26.7. The molecule has 1 aromatic heterocycles. The van der Waals surface area contributed by atoms with Gasteiger partial charge in [0.15, 0.2) is 11.5 Å². The van der Waals surface area contributed by atoms with Gasteiger partial charge in [-0.15, -0.1) is 0 Å². The summed E-state index contributed by atoms with van der Waals surface area (Å²) in [5.74, 6) is 1.32. The third kappa shape index (κ3) is 3.75. The van der Waals surface area contributed by atoms with E-state index in [2.05, 4.69) is 42.2 Å². The van der Waals surface area contributed by atoms with E-state index in [-0.39, 0.29) is 29.2 Å². The van der Waals surface area contributed by atoms with Crippen LogP contribution in [0.15, 0.2) is 65.5 Å². The number of furan rings is 1. The van der Waals surface area contributed by atoms with Gasteiger partial charge in [0.2, 0.25) is 5.91 Å². The molecule has 1 N–H and O–H groups in total. The van der Waals surface area contributed by atoms with E-state index in [0.717, 1.165) is 56.3 Å². The molecule has 4 aliphatic rings. The Labute approximate surface area is 229 Å². The number of aryl methyl sites for hydroxylation is 1. The standard InChI is InChI=1S/C33H36N2O4/c1-21-18-28(36)31-30-24(21)19-27-25-9-10-26(34(2)29(37)11-8-23-13-17-38-20-23)32(39-31)33(25,30)14-16-35(27)15-12-22-6-4-3-5-7-22/h3-8,11,13,17-18,20,25-27,32,36H,9-10,12,14-16,19H2,1-2H3/b11-8+/t25-,26+,27+,32-,33-/m0/s1. The first kappa shape index (κ1) is 24.5. The molecule has 1 amide bonds. The van der Waals surface area contributed by atoms with E-state index in [9.17, 15) is 9.90 Å². The summed E-state index contributed by atoms with van der Waals surface area (Å²) in [6.07, 6.45) is 11.5. The lowest BCUT2D eigenvalue weighted by Gasteiger charge is -2.60. The lowest BCUT2D eigenvalue weighted by Crippen LogP contribution is -2.69. The number of ether oxygens (including phenoxy) is 1. The number of phenols is 1. The highest BCUT2D eigenvalue weighted by Crippen LogP contribution is 2.64. The molecule has 39 heavy (non-hydrogen) atoms. The monoisotopic (exact) mass is 524 g/mol. The second-order valence-corrected chi connectivity index (χ2v) is 11.9. The van der Waals surface area contributed by atoms with E-state index in [1.807, 2.05) is 24.1 Å². The molecule has 1 saturated heterocycles. The SMILES string of the molecule is Cc1cc(O)c2c3c1C[C@@H]1[C@@H]4CC[C@@H](N(C)C(=O)/C=C/c5ccoc5)[C@H](O2)[C@]34CCN1CCc1ccccc1. The number of rotatable bonds is 6. The van der Waals surface area contributed by atoms with Crippen molar-refractivity contribution in [3.8, 4) is 11.5 Å². The van der Waals surface area contributed by atoms with Gasteiger partial charge in [-0.05, 0) is 86.4 Å². The lowest BCUT2D eigenvalue weighted by molar-refractivity contribution is -0.135. The van der Waals surface area contributed by atoms with E-state index in [1.54, 1.807) is 24.7 Å². The number of benzene rings is 2. The number of phenolic OH excluding ortho intramolecular Hbond substituents is 1. The number of carbonyl (C=O) groups is 1. The summed E-state index contributed by atoms with van der Waals surface area (Å²) in [7, 11) is 1.90. The van der Waals surface area contributed by atoms with Crippen molar-refractivity contribution in [1.29, 1.82) is 0 Å². The topological polar surface area (TPSA) is 66.1 Å². The lowest BCUT2D eigenvalue weighted by atomic mass is 9.50. The third-order valence-electron chi connectivity index (χ3n) is 10.1. The number of hydrogen-bond acceptors (Lipinski definition) is 5. The first-order chi connectivity index (χ1) is 19.0. The Morgan fingerprint density at radius 1 is 1.23 bits per heavy atom. The molecule has 0 radical (unpaired) electrons. The summed E-state index contributed by atoms with van der Waals surface area (Å²) in [6.45, 7) is 4.18. The van der Waals surface area contributed by atoms with E-state index >= 15 is 0 Å². The minimum atomic E-state index is -0.175. The van der Waals surface area contributed by atoms with Gasteiger partial charge in [0, 0.05) is 42.3 Å². The average molecular weight is 525 g/mol. The zero-order valence-electron chi connectivity index (χ0n) is 22.7. The van der Waals surface area contributed by atoms with Crippen LogP contribution in [0.2, 0.25) is 0 Å². The van der Waals surface area contributed by atoms with Crippen LogP contribution < -0.4 is 4.74 Å². The van der Waals surface area contributed by atoms with Crippen LogP contribution in [-0.2, 0) is 23.1 Å². The number of nitrogens with zero attached hydrogens (tertiary/aromatic N) is 2. The molecule has 2 aliphatic heterocycles. The van der Waals surface area contributed by atoms with E-state index in [0.29, 0.717) is 17.7 Å². The molecule has 5 atom stereocenters. The van der Waals surface area contributed by atoms with Gasteiger partial charge >= 0.3 is 0 Å². The second-order valence-electron chi connectivity index (χ2n) is 11.9. The number of likely N-dealkylation sites (tertiary alicyclic amines) is 1. The van der Waals surface area contributed by atoms with Crippen LogP contribution in [0.3, 0.4) is 0 Å². The minimum absolute atomic E-state index is 0.0381. The van der Waals surface area contributed by atoms with Crippen LogP contribution in [0.4, 0.5) is 0 Å². The highest BCUT2D eigenvalue weighted by molar-refractivity contribution is 5.91. The molecule has 6 heteroatoms. The fourth-order valence-electron chi connectivity index (χ4n) is 8.27. The summed E-state index contributed by atoms with van der Waals surface area (Å²) in [6, 6.07) is 14.9. The molecule has 0 unspecified atom stereocenters. The molecule has 2 fully saturated rings. The molecule has 3 aromatic rings. The van der Waals surface area contributed by atoms with Gasteiger partial charge in [0.1, 0.15) is 6.10 Å². The van der Waals surface area contributed by atoms with Gasteiger partial charge in [-0.2, -0.15) is 0 Å². The van der Waals surface area contributed by atoms with Gasteiger partial charge in [0.25, 0.3) is 0 Å². The Kier molecular flexibility index (Phi) is 5.85. The van der Waals surface area contributed by atoms with E-state index in [4.69, 9.17) is 9.15 Å². The summed E-state index contributed by atoms with van der Waals surface area (Å²) < 4.78 is 11.9. The van der Waals surface area contributed by atoms with Crippen molar-refractivity contribution < 1.29 is 19.1 Å². The number of piperidine rings is 1. The second kappa shape index (κ2) is 9.30.